The van der Waals surface area contributed by atoms with Crippen molar-refractivity contribution in [1.29, 1.82) is 10.5 Å². The molecular formula is C14H19N4O2+. The van der Waals surface area contributed by atoms with Gasteiger partial charge in [0.25, 0.3) is 5.84 Å². The van der Waals surface area contributed by atoms with E-state index in [4.69, 9.17) is 15.2 Å². The van der Waals surface area contributed by atoms with Gasteiger partial charge in [0.1, 0.15) is 0 Å². The molecule has 0 bridgehead atoms. The summed E-state index contributed by atoms with van der Waals surface area (Å²) in [7, 11) is 0. The van der Waals surface area contributed by atoms with Gasteiger partial charge in [-0.05, 0) is 6.42 Å². The predicted octanol–water partition coefficient (Wildman–Crippen LogP) is -0.632. The minimum atomic E-state index is -1.26. The summed E-state index contributed by atoms with van der Waals surface area (Å²) in [6.45, 7) is 4.84. The van der Waals surface area contributed by atoms with Crippen molar-refractivity contribution in [3.05, 3.63) is 0 Å². The maximum absolute atomic E-state index is 9.87. The van der Waals surface area contributed by atoms with E-state index < -0.39 is 22.2 Å². The van der Waals surface area contributed by atoms with Crippen LogP contribution < -0.4 is 10.7 Å². The van der Waals surface area contributed by atoms with E-state index in [2.05, 4.69) is 24.1 Å². The largest absolute Gasteiger partial charge is 0.343 e. The molecule has 0 amide bonds. The second kappa shape index (κ2) is 3.72. The van der Waals surface area contributed by atoms with Crippen LogP contribution in [0.1, 0.15) is 33.1 Å². The first-order valence-corrected chi connectivity index (χ1v) is 7.03. The molecule has 106 valence electrons. The van der Waals surface area contributed by atoms with Crippen molar-refractivity contribution in [3.8, 4) is 12.1 Å². The van der Waals surface area contributed by atoms with Crippen LogP contribution in [-0.2, 0) is 9.47 Å². The number of amidine groups is 1. The molecule has 2 aliphatic heterocycles. The molecule has 6 heteroatoms. The van der Waals surface area contributed by atoms with Gasteiger partial charge in [0.2, 0.25) is 0 Å². The molecule has 6 nitrogen and oxygen atoms in total. The number of rotatable bonds is 3. The molecule has 3 atom stereocenters. The van der Waals surface area contributed by atoms with E-state index in [0.717, 1.165) is 19.3 Å². The summed E-state index contributed by atoms with van der Waals surface area (Å²) < 4.78 is 11.4. The second-order valence-electron chi connectivity index (χ2n) is 6.01. The van der Waals surface area contributed by atoms with Crippen molar-refractivity contribution in [1.82, 2.24) is 0 Å². The molecule has 20 heavy (non-hydrogen) atoms. The Morgan fingerprint density at radius 1 is 1.30 bits per heavy atom. The lowest BCUT2D eigenvalue weighted by molar-refractivity contribution is -0.678. The summed E-state index contributed by atoms with van der Waals surface area (Å²) >= 11 is 0. The van der Waals surface area contributed by atoms with Gasteiger partial charge in [0.15, 0.2) is 10.8 Å². The molecule has 1 saturated carbocycles. The number of hydrogen-bond donors (Lipinski definition) is 2. The van der Waals surface area contributed by atoms with E-state index in [0.29, 0.717) is 19.0 Å². The minimum Gasteiger partial charge on any atom is -0.311 e. The molecule has 0 aromatic carbocycles. The number of nitrogens with one attached hydrogen (secondary N) is 1. The molecule has 3 rings (SSSR count). The van der Waals surface area contributed by atoms with Gasteiger partial charge in [-0.1, -0.05) is 26.7 Å². The number of nitriles is 2. The lowest BCUT2D eigenvalue weighted by Crippen LogP contribution is -2.90. The highest BCUT2D eigenvalue weighted by molar-refractivity contribution is 5.94. The molecule has 0 aromatic rings. The van der Waals surface area contributed by atoms with E-state index in [1.807, 2.05) is 6.92 Å². The fraction of sp³-hybridized carbons (Fsp3) is 0.786. The van der Waals surface area contributed by atoms with E-state index >= 15 is 0 Å². The SMILES string of the molecule is CCCC[C@]1(C)[C@]2(C#N)C(N)=[NH+]C3(OCCO3)[C@]12C#N. The average molecular weight is 275 g/mol. The molecule has 0 radical (unpaired) electrons. The smallest absolute Gasteiger partial charge is 0.311 e. The topological polar surface area (TPSA) is 106 Å². The Balaban J connectivity index is 2.16. The van der Waals surface area contributed by atoms with Crippen molar-refractivity contribution in [2.24, 2.45) is 22.0 Å². The number of unbranched alkanes of at least 4 members (excludes halogenated alkanes) is 1. The van der Waals surface area contributed by atoms with Crippen molar-refractivity contribution in [3.63, 3.8) is 0 Å². The summed E-state index contributed by atoms with van der Waals surface area (Å²) in [6.07, 6.45) is 2.69. The number of nitrogens with two attached hydrogens (primary N) is 1. The monoisotopic (exact) mass is 275 g/mol. The number of hydrogen-bond acceptors (Lipinski definition) is 5. The molecule has 0 aromatic heterocycles. The maximum atomic E-state index is 9.87. The Morgan fingerprint density at radius 3 is 2.45 bits per heavy atom. The van der Waals surface area contributed by atoms with E-state index in [1.165, 1.54) is 0 Å². The molecule has 2 fully saturated rings. The zero-order chi connectivity index (χ0) is 14.6. The summed E-state index contributed by atoms with van der Waals surface area (Å²) in [5, 5.41) is 19.6. The van der Waals surface area contributed by atoms with Gasteiger partial charge in [-0.25, -0.2) is 4.99 Å². The highest BCUT2D eigenvalue weighted by Gasteiger charge is 3.02. The number of ether oxygens (including phenoxy) is 2. The van der Waals surface area contributed by atoms with Crippen molar-refractivity contribution >= 4 is 5.84 Å². The molecule has 1 saturated heterocycles. The lowest BCUT2D eigenvalue weighted by atomic mass is 9.87. The first-order chi connectivity index (χ1) is 9.52. The Hall–Kier alpha value is -1.63. The Labute approximate surface area is 118 Å². The fourth-order valence-electron chi connectivity index (χ4n) is 4.41. The summed E-state index contributed by atoms with van der Waals surface area (Å²) in [5.74, 6) is -0.952. The Bertz CT molecular complexity index is 569. The maximum Gasteiger partial charge on any atom is 0.343 e. The van der Waals surface area contributed by atoms with Crippen molar-refractivity contribution < 1.29 is 14.5 Å². The van der Waals surface area contributed by atoms with Gasteiger partial charge < -0.3 is 9.47 Å². The molecule has 3 N–H and O–H groups in total. The van der Waals surface area contributed by atoms with Crippen LogP contribution in [0.15, 0.2) is 0 Å². The second-order valence-corrected chi connectivity index (χ2v) is 6.01. The lowest BCUT2D eigenvalue weighted by Gasteiger charge is -2.26. The first-order valence-electron chi connectivity index (χ1n) is 7.03. The molecule has 0 unspecified atom stereocenters. The summed E-state index contributed by atoms with van der Waals surface area (Å²) in [4.78, 5) is 2.95. The third-order valence-electron chi connectivity index (χ3n) is 5.41. The van der Waals surface area contributed by atoms with Gasteiger partial charge in [0.05, 0.1) is 25.4 Å². The predicted molar refractivity (Wildman–Crippen MR) is 68.5 cm³/mol. The van der Waals surface area contributed by atoms with Crippen LogP contribution >= 0.6 is 0 Å². The molecular weight excluding hydrogens is 256 g/mol. The van der Waals surface area contributed by atoms with Crippen LogP contribution in [0.4, 0.5) is 0 Å². The van der Waals surface area contributed by atoms with Gasteiger partial charge in [-0.15, -0.1) is 0 Å². The highest BCUT2D eigenvalue weighted by atomic mass is 16.8. The Morgan fingerprint density at radius 2 is 1.95 bits per heavy atom. The fourth-order valence-corrected chi connectivity index (χ4v) is 4.41. The van der Waals surface area contributed by atoms with Crippen LogP contribution in [0.5, 0.6) is 0 Å². The highest BCUT2D eigenvalue weighted by Crippen LogP contribution is 2.84. The van der Waals surface area contributed by atoms with Gasteiger partial charge >= 0.3 is 5.91 Å². The zero-order valence-electron chi connectivity index (χ0n) is 11.8. The van der Waals surface area contributed by atoms with Crippen molar-refractivity contribution in [2.75, 3.05) is 13.2 Å². The van der Waals surface area contributed by atoms with Gasteiger partial charge in [0, 0.05) is 5.41 Å². The van der Waals surface area contributed by atoms with E-state index in [-0.39, 0.29) is 0 Å². The third-order valence-corrected chi connectivity index (χ3v) is 5.41. The molecule has 1 aliphatic carbocycles. The summed E-state index contributed by atoms with van der Waals surface area (Å²) in [5.41, 5.74) is 3.45. The zero-order valence-corrected chi connectivity index (χ0v) is 11.8. The first kappa shape index (κ1) is 13.4. The van der Waals surface area contributed by atoms with Crippen LogP contribution in [0.2, 0.25) is 0 Å². The third kappa shape index (κ3) is 0.963. The van der Waals surface area contributed by atoms with Crippen LogP contribution in [0.25, 0.3) is 0 Å². The summed E-state index contributed by atoms with van der Waals surface area (Å²) in [6, 6.07) is 4.63. The number of nitrogens with zero attached hydrogens (tertiary/aromatic N) is 2. The Kier molecular flexibility index (Phi) is 2.48. The minimum absolute atomic E-state index is 0.307. The molecule has 3 aliphatic rings. The van der Waals surface area contributed by atoms with Gasteiger partial charge in [-0.3, -0.25) is 5.73 Å². The van der Waals surface area contributed by atoms with Crippen LogP contribution in [-0.4, -0.2) is 25.0 Å². The number of fused-ring (bicyclic) bond motifs is 2. The van der Waals surface area contributed by atoms with Crippen LogP contribution in [0, 0.1) is 38.9 Å². The normalized spacial score (nSPS) is 43.7. The average Bonchev–Trinajstić information content (AvgIpc) is 2.75. The van der Waals surface area contributed by atoms with Crippen molar-refractivity contribution in [2.45, 2.75) is 39.0 Å². The standard InChI is InChI=1S/C14H18N4O2/c1-3-4-5-11(2)12(8-15)10(17)18-14(13(11,12)9-16)19-6-7-20-14/h3-7H2,1-2H3,(H2,17,18)/p+1/t11-,12+,13-/m1/s1. The van der Waals surface area contributed by atoms with E-state index in [9.17, 15) is 10.5 Å². The van der Waals surface area contributed by atoms with Crippen LogP contribution in [0.3, 0.4) is 0 Å². The van der Waals surface area contributed by atoms with E-state index in [1.54, 1.807) is 0 Å². The van der Waals surface area contributed by atoms with Gasteiger partial charge in [-0.2, -0.15) is 10.5 Å². The molecule has 1 spiro atoms. The molecule has 2 heterocycles. The quantitative estimate of drug-likeness (QED) is 0.713.